The Morgan fingerprint density at radius 1 is 1.53 bits per heavy atom. The summed E-state index contributed by atoms with van der Waals surface area (Å²) in [7, 11) is 0. The van der Waals surface area contributed by atoms with Gasteiger partial charge in [0.15, 0.2) is 0 Å². The van der Waals surface area contributed by atoms with Crippen molar-refractivity contribution in [2.24, 2.45) is 0 Å². The van der Waals surface area contributed by atoms with Crippen LogP contribution in [0.4, 0.5) is 13.2 Å². The van der Waals surface area contributed by atoms with Gasteiger partial charge >= 0.3 is 6.18 Å². The summed E-state index contributed by atoms with van der Waals surface area (Å²) in [4.78, 5) is 12.3. The second kappa shape index (κ2) is 6.02. The van der Waals surface area contributed by atoms with Gasteiger partial charge in [-0.1, -0.05) is 6.07 Å². The van der Waals surface area contributed by atoms with Crippen molar-refractivity contribution in [3.63, 3.8) is 0 Å². The van der Waals surface area contributed by atoms with E-state index in [0.29, 0.717) is 0 Å². The molecule has 17 heavy (non-hydrogen) atoms. The Balaban J connectivity index is 2.26. The number of carbonyl (C=O) groups excluding carboxylic acids is 1. The van der Waals surface area contributed by atoms with E-state index in [9.17, 15) is 18.0 Å². The van der Waals surface area contributed by atoms with Gasteiger partial charge in [-0.05, 0) is 18.4 Å². The third kappa shape index (κ3) is 5.69. The van der Waals surface area contributed by atoms with Crippen LogP contribution in [0.1, 0.15) is 17.8 Å². The Bertz CT molecular complexity index is 351. The third-order valence-corrected chi connectivity index (χ3v) is 3.01. The van der Waals surface area contributed by atoms with Crippen molar-refractivity contribution in [2.45, 2.75) is 19.1 Å². The first-order chi connectivity index (χ1) is 7.88. The molecule has 0 spiro atoms. The lowest BCUT2D eigenvalue weighted by molar-refractivity contribution is -0.128. The maximum atomic E-state index is 11.8. The van der Waals surface area contributed by atoms with Crippen LogP contribution < -0.4 is 10.6 Å². The van der Waals surface area contributed by atoms with E-state index < -0.39 is 18.6 Å². The molecular weight excluding hydrogens is 253 g/mol. The van der Waals surface area contributed by atoms with Crippen LogP contribution in [-0.2, 0) is 4.79 Å². The van der Waals surface area contributed by atoms with Crippen LogP contribution in [0, 0.1) is 0 Å². The molecule has 0 unspecified atom stereocenters. The molecule has 0 radical (unpaired) electrons. The second-order valence-corrected chi connectivity index (χ2v) is 4.50. The minimum absolute atomic E-state index is 0.185. The smallest absolute Gasteiger partial charge is 0.348 e. The summed E-state index contributed by atoms with van der Waals surface area (Å²) in [5, 5.41) is 6.53. The molecule has 7 heteroatoms. The van der Waals surface area contributed by atoms with E-state index in [1.54, 1.807) is 6.92 Å². The molecule has 96 valence electrons. The molecule has 1 rings (SSSR count). The highest BCUT2D eigenvalue weighted by Gasteiger charge is 2.26. The summed E-state index contributed by atoms with van der Waals surface area (Å²) in [5.41, 5.74) is 0. The Morgan fingerprint density at radius 2 is 2.24 bits per heavy atom. The summed E-state index contributed by atoms with van der Waals surface area (Å²) < 4.78 is 35.4. The average Bonchev–Trinajstić information content (AvgIpc) is 2.67. The topological polar surface area (TPSA) is 41.1 Å². The lowest BCUT2D eigenvalue weighted by Crippen LogP contribution is -2.38. The van der Waals surface area contributed by atoms with Gasteiger partial charge in [0.25, 0.3) is 0 Å². The first-order valence-corrected chi connectivity index (χ1v) is 5.86. The van der Waals surface area contributed by atoms with E-state index >= 15 is 0 Å². The predicted molar refractivity (Wildman–Crippen MR) is 59.8 cm³/mol. The SMILES string of the molecule is C[C@H](NC(=O)CNCC(F)(F)F)c1cccs1. The molecule has 0 saturated heterocycles. The highest BCUT2D eigenvalue weighted by atomic mass is 32.1. The van der Waals surface area contributed by atoms with Crippen molar-refractivity contribution >= 4 is 17.2 Å². The molecule has 0 aromatic carbocycles. The van der Waals surface area contributed by atoms with Crippen LogP contribution in [0.25, 0.3) is 0 Å². The zero-order valence-electron chi connectivity index (χ0n) is 9.17. The molecule has 1 aromatic heterocycles. The van der Waals surface area contributed by atoms with Gasteiger partial charge in [0.05, 0.1) is 19.1 Å². The van der Waals surface area contributed by atoms with Crippen molar-refractivity contribution in [2.75, 3.05) is 13.1 Å². The van der Waals surface area contributed by atoms with E-state index in [1.165, 1.54) is 11.3 Å². The van der Waals surface area contributed by atoms with Crippen molar-refractivity contribution in [3.8, 4) is 0 Å². The summed E-state index contributed by atoms with van der Waals surface area (Å²) in [6.07, 6.45) is -4.29. The lowest BCUT2D eigenvalue weighted by Gasteiger charge is -2.13. The number of thiophene rings is 1. The number of hydrogen-bond donors (Lipinski definition) is 2. The number of nitrogens with one attached hydrogen (secondary N) is 2. The summed E-state index contributed by atoms with van der Waals surface area (Å²) in [6, 6.07) is 3.53. The Kier molecular flexibility index (Phi) is 4.95. The van der Waals surface area contributed by atoms with Gasteiger partial charge in [0, 0.05) is 4.88 Å². The number of amides is 1. The predicted octanol–water partition coefficient (Wildman–Crippen LogP) is 2.08. The van der Waals surface area contributed by atoms with E-state index in [0.717, 1.165) is 4.88 Å². The molecule has 1 atom stereocenters. The fourth-order valence-electron chi connectivity index (χ4n) is 1.22. The number of halogens is 3. The maximum Gasteiger partial charge on any atom is 0.401 e. The summed E-state index contributed by atoms with van der Waals surface area (Å²) >= 11 is 1.49. The maximum absolute atomic E-state index is 11.8. The van der Waals surface area contributed by atoms with Crippen LogP contribution in [-0.4, -0.2) is 25.2 Å². The Labute approximate surface area is 101 Å². The van der Waals surface area contributed by atoms with E-state index in [1.807, 2.05) is 22.8 Å². The molecule has 0 aliphatic rings. The lowest BCUT2D eigenvalue weighted by atomic mass is 10.3. The van der Waals surface area contributed by atoms with Crippen molar-refractivity contribution in [1.29, 1.82) is 0 Å². The number of rotatable bonds is 5. The van der Waals surface area contributed by atoms with Crippen molar-refractivity contribution < 1.29 is 18.0 Å². The summed E-state index contributed by atoms with van der Waals surface area (Å²) in [5.74, 6) is -0.449. The molecule has 1 heterocycles. The van der Waals surface area contributed by atoms with Crippen LogP contribution in [0.2, 0.25) is 0 Å². The van der Waals surface area contributed by atoms with Gasteiger partial charge < -0.3 is 10.6 Å². The average molecular weight is 266 g/mol. The van der Waals surface area contributed by atoms with Crippen LogP contribution >= 0.6 is 11.3 Å². The van der Waals surface area contributed by atoms with Crippen molar-refractivity contribution in [3.05, 3.63) is 22.4 Å². The van der Waals surface area contributed by atoms with Gasteiger partial charge in [-0.3, -0.25) is 4.79 Å². The van der Waals surface area contributed by atoms with Crippen LogP contribution in [0.15, 0.2) is 17.5 Å². The van der Waals surface area contributed by atoms with E-state index in [2.05, 4.69) is 5.32 Å². The molecule has 1 amide bonds. The zero-order chi connectivity index (χ0) is 12.9. The molecule has 1 aromatic rings. The normalized spacial score (nSPS) is 13.4. The monoisotopic (exact) mass is 266 g/mol. The summed E-state index contributed by atoms with van der Waals surface area (Å²) in [6.45, 7) is 0.288. The van der Waals surface area contributed by atoms with Crippen LogP contribution in [0.3, 0.4) is 0 Å². The number of hydrogen-bond acceptors (Lipinski definition) is 3. The molecule has 0 bridgehead atoms. The third-order valence-electron chi connectivity index (χ3n) is 1.96. The molecule has 0 fully saturated rings. The van der Waals surface area contributed by atoms with Gasteiger partial charge in [0.2, 0.25) is 5.91 Å². The zero-order valence-corrected chi connectivity index (χ0v) is 9.99. The molecule has 0 aliphatic heterocycles. The number of alkyl halides is 3. The Morgan fingerprint density at radius 3 is 2.76 bits per heavy atom. The van der Waals surface area contributed by atoms with Gasteiger partial charge in [-0.25, -0.2) is 0 Å². The molecule has 3 nitrogen and oxygen atoms in total. The van der Waals surface area contributed by atoms with E-state index in [4.69, 9.17) is 0 Å². The fraction of sp³-hybridized carbons (Fsp3) is 0.500. The minimum Gasteiger partial charge on any atom is -0.348 e. The van der Waals surface area contributed by atoms with Gasteiger partial charge in [0.1, 0.15) is 0 Å². The quantitative estimate of drug-likeness (QED) is 0.856. The molecule has 0 aliphatic carbocycles. The van der Waals surface area contributed by atoms with Crippen LogP contribution in [0.5, 0.6) is 0 Å². The minimum atomic E-state index is -4.29. The Hall–Kier alpha value is -1.08. The first kappa shape index (κ1) is 14.0. The molecule has 0 saturated carbocycles. The largest absolute Gasteiger partial charge is 0.401 e. The number of carbonyl (C=O) groups is 1. The standard InChI is InChI=1S/C10H13F3N2OS/c1-7(8-3-2-4-17-8)15-9(16)5-14-6-10(11,12)13/h2-4,7,14H,5-6H2,1H3,(H,15,16)/t7-/m0/s1. The van der Waals surface area contributed by atoms with Gasteiger partial charge in [-0.15, -0.1) is 11.3 Å². The first-order valence-electron chi connectivity index (χ1n) is 4.99. The highest BCUT2D eigenvalue weighted by molar-refractivity contribution is 7.10. The fourth-order valence-corrected chi connectivity index (χ4v) is 1.95. The van der Waals surface area contributed by atoms with Gasteiger partial charge in [-0.2, -0.15) is 13.2 Å². The second-order valence-electron chi connectivity index (χ2n) is 3.52. The molecule has 2 N–H and O–H groups in total. The van der Waals surface area contributed by atoms with E-state index in [-0.39, 0.29) is 12.6 Å². The van der Waals surface area contributed by atoms with Crippen molar-refractivity contribution in [1.82, 2.24) is 10.6 Å². The molecular formula is C10H13F3N2OS. The highest BCUT2D eigenvalue weighted by Crippen LogP contribution is 2.17.